The normalized spacial score (nSPS) is 16.4. The second kappa shape index (κ2) is 5.47. The number of nitrogens with zero attached hydrogens (tertiary/aromatic N) is 4. The first-order valence-electron chi connectivity index (χ1n) is 7.58. The van der Waals surface area contributed by atoms with Crippen LogP contribution in [0.15, 0.2) is 22.2 Å². The lowest BCUT2D eigenvalue weighted by Crippen LogP contribution is -2.35. The van der Waals surface area contributed by atoms with E-state index in [1.54, 1.807) is 13.1 Å². The highest BCUT2D eigenvalue weighted by molar-refractivity contribution is 5.74. The molecule has 7 nitrogen and oxygen atoms in total. The molecule has 0 unspecified atom stereocenters. The Morgan fingerprint density at radius 1 is 1.36 bits per heavy atom. The van der Waals surface area contributed by atoms with Crippen molar-refractivity contribution in [1.82, 2.24) is 19.1 Å². The maximum Gasteiger partial charge on any atom is 0.329 e. The average molecular weight is 303 g/mol. The van der Waals surface area contributed by atoms with E-state index in [0.29, 0.717) is 23.6 Å². The summed E-state index contributed by atoms with van der Waals surface area (Å²) in [5.74, 6) is 1.45. The van der Waals surface area contributed by atoms with Crippen LogP contribution in [0.25, 0.3) is 11.2 Å². The third kappa shape index (κ3) is 2.26. The molecule has 1 aliphatic heterocycles. The number of anilines is 1. The number of fused-ring (bicyclic) bond motifs is 1. The zero-order chi connectivity index (χ0) is 15.9. The summed E-state index contributed by atoms with van der Waals surface area (Å²) in [6, 6.07) is 0. The van der Waals surface area contributed by atoms with Gasteiger partial charge in [0.05, 0.1) is 0 Å². The van der Waals surface area contributed by atoms with Crippen LogP contribution in [0.1, 0.15) is 19.8 Å². The lowest BCUT2D eigenvalue weighted by atomic mass is 10.00. The Morgan fingerprint density at radius 3 is 2.68 bits per heavy atom. The summed E-state index contributed by atoms with van der Waals surface area (Å²) in [7, 11) is 1.62. The molecule has 7 heteroatoms. The number of allylic oxidation sites excluding steroid dienone is 1. The Hall–Kier alpha value is -2.31. The minimum Gasteiger partial charge on any atom is -0.342 e. The number of aromatic amines is 1. The van der Waals surface area contributed by atoms with Gasteiger partial charge < -0.3 is 9.47 Å². The molecule has 3 rings (SSSR count). The van der Waals surface area contributed by atoms with E-state index in [9.17, 15) is 9.59 Å². The number of hydrogen-bond acceptors (Lipinski definition) is 4. The molecule has 0 amide bonds. The van der Waals surface area contributed by atoms with E-state index in [1.165, 1.54) is 4.57 Å². The van der Waals surface area contributed by atoms with Gasteiger partial charge in [0.15, 0.2) is 11.2 Å². The van der Waals surface area contributed by atoms with Crippen molar-refractivity contribution in [1.29, 1.82) is 0 Å². The maximum atomic E-state index is 12.2. The summed E-state index contributed by atoms with van der Waals surface area (Å²) in [6.45, 7) is 8.32. The third-order valence-corrected chi connectivity index (χ3v) is 4.37. The number of aromatic nitrogens is 4. The van der Waals surface area contributed by atoms with Gasteiger partial charge in [-0.25, -0.2) is 4.79 Å². The molecule has 2 aromatic rings. The monoisotopic (exact) mass is 303 g/mol. The summed E-state index contributed by atoms with van der Waals surface area (Å²) in [5, 5.41) is 0. The second-order valence-corrected chi connectivity index (χ2v) is 5.97. The fourth-order valence-electron chi connectivity index (χ4n) is 2.98. The molecule has 1 saturated heterocycles. The van der Waals surface area contributed by atoms with E-state index in [1.807, 2.05) is 4.57 Å². The molecule has 0 aromatic carbocycles. The third-order valence-electron chi connectivity index (χ3n) is 4.37. The minimum atomic E-state index is -0.445. The fraction of sp³-hybridized carbons (Fsp3) is 0.533. The molecule has 1 aliphatic rings. The number of imidazole rings is 1. The first-order valence-corrected chi connectivity index (χ1v) is 7.58. The van der Waals surface area contributed by atoms with Crippen molar-refractivity contribution in [2.45, 2.75) is 26.3 Å². The highest BCUT2D eigenvalue weighted by Crippen LogP contribution is 2.24. The van der Waals surface area contributed by atoms with Crippen LogP contribution in [0, 0.1) is 5.92 Å². The molecule has 0 aliphatic carbocycles. The number of rotatable bonds is 3. The van der Waals surface area contributed by atoms with E-state index in [-0.39, 0.29) is 0 Å². The molecular weight excluding hydrogens is 282 g/mol. The Labute approximate surface area is 127 Å². The van der Waals surface area contributed by atoms with Crippen LogP contribution in [0.5, 0.6) is 0 Å². The second-order valence-electron chi connectivity index (χ2n) is 5.97. The van der Waals surface area contributed by atoms with Gasteiger partial charge in [-0.1, -0.05) is 13.0 Å². The first-order chi connectivity index (χ1) is 10.5. The van der Waals surface area contributed by atoms with Crippen molar-refractivity contribution in [3.8, 4) is 0 Å². The average Bonchev–Trinajstić information content (AvgIpc) is 2.86. The SMILES string of the molecule is C=CCn1c(N2CCC(C)CC2)nc2c1c(=O)[nH]c(=O)n2C. The van der Waals surface area contributed by atoms with Gasteiger partial charge in [0.1, 0.15) is 0 Å². The maximum absolute atomic E-state index is 12.2. The first kappa shape index (κ1) is 14.6. The molecule has 1 fully saturated rings. The van der Waals surface area contributed by atoms with Gasteiger partial charge in [-0.2, -0.15) is 4.98 Å². The van der Waals surface area contributed by atoms with Crippen molar-refractivity contribution >= 4 is 17.1 Å². The highest BCUT2D eigenvalue weighted by atomic mass is 16.2. The number of piperidine rings is 1. The Balaban J connectivity index is 2.21. The van der Waals surface area contributed by atoms with Gasteiger partial charge in [0.2, 0.25) is 5.95 Å². The Bertz CT molecular complexity index is 821. The minimum absolute atomic E-state index is 0.399. The molecule has 22 heavy (non-hydrogen) atoms. The zero-order valence-corrected chi connectivity index (χ0v) is 13.0. The van der Waals surface area contributed by atoms with Crippen molar-refractivity contribution in [3.05, 3.63) is 33.5 Å². The molecule has 0 spiro atoms. The van der Waals surface area contributed by atoms with Crippen LogP contribution in [-0.4, -0.2) is 32.2 Å². The van der Waals surface area contributed by atoms with Crippen LogP contribution >= 0.6 is 0 Å². The molecule has 3 heterocycles. The van der Waals surface area contributed by atoms with Gasteiger partial charge in [0.25, 0.3) is 5.56 Å². The van der Waals surface area contributed by atoms with Crippen LogP contribution < -0.4 is 16.1 Å². The van der Waals surface area contributed by atoms with Gasteiger partial charge in [-0.3, -0.25) is 14.3 Å². The molecule has 0 radical (unpaired) electrons. The van der Waals surface area contributed by atoms with Gasteiger partial charge in [-0.05, 0) is 18.8 Å². The smallest absolute Gasteiger partial charge is 0.329 e. The number of nitrogens with one attached hydrogen (secondary N) is 1. The zero-order valence-electron chi connectivity index (χ0n) is 13.0. The van der Waals surface area contributed by atoms with Crippen molar-refractivity contribution in [2.75, 3.05) is 18.0 Å². The van der Waals surface area contributed by atoms with Crippen LogP contribution in [0.2, 0.25) is 0 Å². The van der Waals surface area contributed by atoms with E-state index >= 15 is 0 Å². The summed E-state index contributed by atoms with van der Waals surface area (Å²) in [4.78, 5) is 33.1. The number of aryl methyl sites for hydroxylation is 1. The van der Waals surface area contributed by atoms with Crippen molar-refractivity contribution in [3.63, 3.8) is 0 Å². The predicted molar refractivity (Wildman–Crippen MR) is 86.4 cm³/mol. The predicted octanol–water partition coefficient (Wildman–Crippen LogP) is 0.846. The summed E-state index contributed by atoms with van der Waals surface area (Å²) in [6.07, 6.45) is 3.95. The van der Waals surface area contributed by atoms with Crippen molar-refractivity contribution in [2.24, 2.45) is 13.0 Å². The number of H-pyrrole nitrogens is 1. The highest BCUT2D eigenvalue weighted by Gasteiger charge is 2.23. The number of hydrogen-bond donors (Lipinski definition) is 1. The lowest BCUT2D eigenvalue weighted by molar-refractivity contribution is 0.432. The van der Waals surface area contributed by atoms with E-state index in [4.69, 9.17) is 0 Å². The Morgan fingerprint density at radius 2 is 2.05 bits per heavy atom. The van der Waals surface area contributed by atoms with E-state index in [0.717, 1.165) is 31.9 Å². The van der Waals surface area contributed by atoms with E-state index in [2.05, 4.69) is 28.4 Å². The van der Waals surface area contributed by atoms with Gasteiger partial charge in [-0.15, -0.1) is 6.58 Å². The van der Waals surface area contributed by atoms with Crippen LogP contribution in [0.4, 0.5) is 5.95 Å². The van der Waals surface area contributed by atoms with Gasteiger partial charge in [0, 0.05) is 26.7 Å². The molecule has 0 bridgehead atoms. The molecular formula is C15H21N5O2. The largest absolute Gasteiger partial charge is 0.342 e. The van der Waals surface area contributed by atoms with Crippen molar-refractivity contribution < 1.29 is 0 Å². The molecule has 0 atom stereocenters. The quantitative estimate of drug-likeness (QED) is 0.853. The molecule has 1 N–H and O–H groups in total. The van der Waals surface area contributed by atoms with Crippen LogP contribution in [0.3, 0.4) is 0 Å². The molecule has 2 aromatic heterocycles. The lowest BCUT2D eigenvalue weighted by Gasteiger charge is -2.31. The molecule has 0 saturated carbocycles. The Kier molecular flexibility index (Phi) is 3.64. The van der Waals surface area contributed by atoms with Crippen LogP contribution in [-0.2, 0) is 13.6 Å². The summed E-state index contributed by atoms with van der Waals surface area (Å²) >= 11 is 0. The van der Waals surface area contributed by atoms with Gasteiger partial charge >= 0.3 is 5.69 Å². The topological polar surface area (TPSA) is 75.9 Å². The standard InChI is InChI=1S/C15H21N5O2/c1-4-7-20-11-12(18(3)15(22)17-13(11)21)16-14(20)19-8-5-10(2)6-9-19/h4,10H,1,5-9H2,2-3H3,(H,17,21,22). The summed E-state index contributed by atoms with van der Waals surface area (Å²) in [5.41, 5.74) is 0.00323. The van der Waals surface area contributed by atoms with E-state index < -0.39 is 11.2 Å². The summed E-state index contributed by atoms with van der Waals surface area (Å²) < 4.78 is 3.23. The molecule has 118 valence electrons. The fourth-order valence-corrected chi connectivity index (χ4v) is 2.98.